The first-order valence-electron chi connectivity index (χ1n) is 8.27. The van der Waals surface area contributed by atoms with Crippen LogP contribution in [-0.2, 0) is 4.79 Å². The zero-order valence-electron chi connectivity index (χ0n) is 13.9. The van der Waals surface area contributed by atoms with Crippen molar-refractivity contribution >= 4 is 21.8 Å². The molecule has 0 bridgehead atoms. The van der Waals surface area contributed by atoms with Gasteiger partial charge in [0.25, 0.3) is 0 Å². The van der Waals surface area contributed by atoms with E-state index in [2.05, 4.69) is 48.9 Å². The van der Waals surface area contributed by atoms with Crippen LogP contribution in [0.3, 0.4) is 0 Å². The topological polar surface area (TPSA) is 29.1 Å². The summed E-state index contributed by atoms with van der Waals surface area (Å²) in [7, 11) is 0. The van der Waals surface area contributed by atoms with Crippen LogP contribution in [0.1, 0.15) is 85.5 Å². The Morgan fingerprint density at radius 3 is 2.10 bits per heavy atom. The molecule has 0 saturated heterocycles. The molecule has 0 radical (unpaired) electrons. The third-order valence-electron chi connectivity index (χ3n) is 3.79. The summed E-state index contributed by atoms with van der Waals surface area (Å²) in [6, 6.07) is 0.263. The van der Waals surface area contributed by atoms with Gasteiger partial charge in [-0.25, -0.2) is 0 Å². The molecule has 0 saturated carbocycles. The zero-order chi connectivity index (χ0) is 15.4. The molecule has 0 aromatic carbocycles. The molecule has 120 valence electrons. The van der Waals surface area contributed by atoms with Gasteiger partial charge in [-0.1, -0.05) is 82.1 Å². The number of rotatable bonds is 11. The Morgan fingerprint density at radius 1 is 1.05 bits per heavy atom. The molecule has 0 aliphatic rings. The molecule has 1 atom stereocenters. The summed E-state index contributed by atoms with van der Waals surface area (Å²) in [6.45, 7) is 8.81. The van der Waals surface area contributed by atoms with E-state index in [0.29, 0.717) is 6.42 Å². The van der Waals surface area contributed by atoms with Gasteiger partial charge >= 0.3 is 0 Å². The van der Waals surface area contributed by atoms with Crippen molar-refractivity contribution in [3.63, 3.8) is 0 Å². The van der Waals surface area contributed by atoms with E-state index in [0.717, 1.165) is 18.2 Å². The Kier molecular flexibility index (Phi) is 11.6. The second-order valence-corrected chi connectivity index (χ2v) is 7.63. The standard InChI is InChI=1S/C17H34BrNO/c1-5-6-7-8-9-10-11-12-16(20)19-15(13-14-18)17(2,3)4/h15H,5-14H2,1-4H3,(H,19,20). The molecule has 0 aromatic heterocycles. The number of carbonyl (C=O) groups is 1. The van der Waals surface area contributed by atoms with Crippen LogP contribution >= 0.6 is 15.9 Å². The Morgan fingerprint density at radius 2 is 1.60 bits per heavy atom. The van der Waals surface area contributed by atoms with E-state index < -0.39 is 0 Å². The summed E-state index contributed by atoms with van der Waals surface area (Å²) < 4.78 is 0. The van der Waals surface area contributed by atoms with E-state index in [1.165, 1.54) is 38.5 Å². The summed E-state index contributed by atoms with van der Waals surface area (Å²) in [6.07, 6.45) is 10.5. The van der Waals surface area contributed by atoms with E-state index >= 15 is 0 Å². The predicted octanol–water partition coefficient (Wildman–Crippen LogP) is 5.44. The van der Waals surface area contributed by atoms with Crippen molar-refractivity contribution in [1.29, 1.82) is 0 Å². The Hall–Kier alpha value is -0.0500. The second-order valence-electron chi connectivity index (χ2n) is 6.84. The van der Waals surface area contributed by atoms with Crippen molar-refractivity contribution < 1.29 is 4.79 Å². The smallest absolute Gasteiger partial charge is 0.220 e. The Labute approximate surface area is 134 Å². The number of alkyl halides is 1. The summed E-state index contributed by atoms with van der Waals surface area (Å²) in [4.78, 5) is 12.0. The number of halogens is 1. The molecule has 0 spiro atoms. The van der Waals surface area contributed by atoms with Crippen molar-refractivity contribution in [2.45, 2.75) is 91.5 Å². The first-order valence-corrected chi connectivity index (χ1v) is 9.39. The van der Waals surface area contributed by atoms with Gasteiger partial charge in [-0.05, 0) is 18.3 Å². The maximum Gasteiger partial charge on any atom is 0.220 e. The first-order chi connectivity index (χ1) is 9.41. The number of nitrogens with one attached hydrogen (secondary N) is 1. The molecule has 0 heterocycles. The van der Waals surface area contributed by atoms with E-state index in [1.807, 2.05) is 0 Å². The van der Waals surface area contributed by atoms with Crippen molar-refractivity contribution in [3.8, 4) is 0 Å². The second kappa shape index (κ2) is 11.6. The molecule has 2 nitrogen and oxygen atoms in total. The van der Waals surface area contributed by atoms with E-state index in [9.17, 15) is 4.79 Å². The molecule has 3 heteroatoms. The SMILES string of the molecule is CCCCCCCCCC(=O)NC(CCBr)C(C)(C)C. The highest BCUT2D eigenvalue weighted by atomic mass is 79.9. The predicted molar refractivity (Wildman–Crippen MR) is 92.4 cm³/mol. The lowest BCUT2D eigenvalue weighted by Crippen LogP contribution is -2.43. The maximum atomic E-state index is 12.0. The van der Waals surface area contributed by atoms with Crippen LogP contribution in [0.15, 0.2) is 0 Å². The Bertz CT molecular complexity index is 248. The van der Waals surface area contributed by atoms with Crippen molar-refractivity contribution in [2.24, 2.45) is 5.41 Å². The lowest BCUT2D eigenvalue weighted by atomic mass is 9.85. The van der Waals surface area contributed by atoms with Gasteiger partial charge in [0.15, 0.2) is 0 Å². The van der Waals surface area contributed by atoms with Crippen LogP contribution in [0, 0.1) is 5.41 Å². The minimum Gasteiger partial charge on any atom is -0.353 e. The van der Waals surface area contributed by atoms with Gasteiger partial charge in [0.1, 0.15) is 0 Å². The average Bonchev–Trinajstić information content (AvgIpc) is 2.36. The fraction of sp³-hybridized carbons (Fsp3) is 0.941. The monoisotopic (exact) mass is 347 g/mol. The van der Waals surface area contributed by atoms with Crippen LogP contribution in [0.25, 0.3) is 0 Å². The molecular weight excluding hydrogens is 314 g/mol. The highest BCUT2D eigenvalue weighted by Gasteiger charge is 2.25. The van der Waals surface area contributed by atoms with Crippen LogP contribution in [0.5, 0.6) is 0 Å². The third-order valence-corrected chi connectivity index (χ3v) is 4.24. The highest BCUT2D eigenvalue weighted by molar-refractivity contribution is 9.09. The van der Waals surface area contributed by atoms with Crippen LogP contribution < -0.4 is 5.32 Å². The van der Waals surface area contributed by atoms with Gasteiger partial charge in [-0.3, -0.25) is 4.79 Å². The van der Waals surface area contributed by atoms with E-state index in [-0.39, 0.29) is 17.4 Å². The molecule has 0 rings (SSSR count). The number of unbranched alkanes of at least 4 members (excludes halogenated alkanes) is 6. The highest BCUT2D eigenvalue weighted by Crippen LogP contribution is 2.22. The number of amides is 1. The molecule has 0 aromatic rings. The van der Waals surface area contributed by atoms with Crippen molar-refractivity contribution in [1.82, 2.24) is 5.32 Å². The molecule has 20 heavy (non-hydrogen) atoms. The first kappa shape index (κ1) is 19.9. The van der Waals surface area contributed by atoms with Crippen LogP contribution in [0.2, 0.25) is 0 Å². The number of carbonyl (C=O) groups excluding carboxylic acids is 1. The molecule has 1 unspecified atom stereocenters. The molecule has 1 amide bonds. The lowest BCUT2D eigenvalue weighted by molar-refractivity contribution is -0.122. The van der Waals surface area contributed by atoms with Crippen molar-refractivity contribution in [2.75, 3.05) is 5.33 Å². The average molecular weight is 348 g/mol. The summed E-state index contributed by atoms with van der Waals surface area (Å²) in [5, 5.41) is 4.14. The quantitative estimate of drug-likeness (QED) is 0.391. The van der Waals surface area contributed by atoms with Gasteiger partial charge in [-0.2, -0.15) is 0 Å². The van der Waals surface area contributed by atoms with E-state index in [1.54, 1.807) is 0 Å². The van der Waals surface area contributed by atoms with Gasteiger partial charge in [0.05, 0.1) is 0 Å². The minimum atomic E-state index is 0.129. The fourth-order valence-corrected chi connectivity index (χ4v) is 2.80. The van der Waals surface area contributed by atoms with Gasteiger partial charge in [0.2, 0.25) is 5.91 Å². The summed E-state index contributed by atoms with van der Waals surface area (Å²) in [5.74, 6) is 0.222. The largest absolute Gasteiger partial charge is 0.353 e. The molecular formula is C17H34BrNO. The molecule has 0 aliphatic heterocycles. The summed E-state index contributed by atoms with van der Waals surface area (Å²) >= 11 is 3.47. The van der Waals surface area contributed by atoms with E-state index in [4.69, 9.17) is 0 Å². The van der Waals surface area contributed by atoms with Crippen molar-refractivity contribution in [3.05, 3.63) is 0 Å². The number of hydrogen-bond acceptors (Lipinski definition) is 1. The van der Waals surface area contributed by atoms with Crippen LogP contribution in [0.4, 0.5) is 0 Å². The maximum absolute atomic E-state index is 12.0. The minimum absolute atomic E-state index is 0.129. The fourth-order valence-electron chi connectivity index (χ4n) is 2.34. The normalized spacial score (nSPS) is 13.2. The van der Waals surface area contributed by atoms with Gasteiger partial charge in [0, 0.05) is 17.8 Å². The Balaban J connectivity index is 3.75. The summed E-state index contributed by atoms with van der Waals surface area (Å²) in [5.41, 5.74) is 0.129. The molecule has 0 aliphatic carbocycles. The lowest BCUT2D eigenvalue weighted by Gasteiger charge is -2.31. The third kappa shape index (κ3) is 10.7. The molecule has 1 N–H and O–H groups in total. The van der Waals surface area contributed by atoms with Gasteiger partial charge < -0.3 is 5.32 Å². The van der Waals surface area contributed by atoms with Crippen LogP contribution in [-0.4, -0.2) is 17.3 Å². The molecule has 0 fully saturated rings. The zero-order valence-corrected chi connectivity index (χ0v) is 15.5. The van der Waals surface area contributed by atoms with Gasteiger partial charge in [-0.15, -0.1) is 0 Å². The number of hydrogen-bond donors (Lipinski definition) is 1.